The number of aliphatic hydroxyl groups is 12. The van der Waals surface area contributed by atoms with Gasteiger partial charge in [-0.2, -0.15) is 0 Å². The van der Waals surface area contributed by atoms with Gasteiger partial charge in [0.05, 0.1) is 68.7 Å². The van der Waals surface area contributed by atoms with Crippen molar-refractivity contribution in [2.24, 2.45) is 0 Å². The van der Waals surface area contributed by atoms with Crippen molar-refractivity contribution in [3.8, 4) is 0 Å². The molecule has 12 N–H and O–H groups in total. The second-order valence-electron chi connectivity index (χ2n) is 45.1. The van der Waals surface area contributed by atoms with Gasteiger partial charge in [0.15, 0.2) is 33.3 Å². The number of hydrogen-bond donors (Lipinski definition) is 12. The molecule has 0 rings (SSSR count). The van der Waals surface area contributed by atoms with Gasteiger partial charge in [0.2, 0.25) is 99.8 Å². The van der Waals surface area contributed by atoms with Crippen LogP contribution < -0.4 is 0 Å². The van der Waals surface area contributed by atoms with Crippen molar-refractivity contribution in [3.63, 3.8) is 0 Å². The molecule has 49 heteroatoms. The van der Waals surface area contributed by atoms with E-state index in [2.05, 4.69) is 52.4 Å². The molecule has 0 bridgehead atoms. The Labute approximate surface area is 810 Å². The smallest absolute Gasteiger partial charge is 0.414 e. The van der Waals surface area contributed by atoms with Crippen molar-refractivity contribution < 1.29 is 127 Å². The van der Waals surface area contributed by atoms with E-state index in [9.17, 15) is 61.3 Å². The van der Waals surface area contributed by atoms with Crippen LogP contribution in [0.2, 0.25) is 230 Å². The van der Waals surface area contributed by atoms with E-state index in [1.807, 2.05) is 268 Å². The topological polar surface area (TPSA) is 390 Å². The van der Waals surface area contributed by atoms with Crippen molar-refractivity contribution >= 4 is 177 Å². The Kier molecular flexibility index (Phi) is 52.3. The molecule has 0 aromatic rings. The fraction of sp³-hybridized carbons (Fsp3) is 1.00. The largest absolute Gasteiger partial charge is 0.637 e. The first kappa shape index (κ1) is 132. The first-order valence-corrected chi connectivity index (χ1v) is 106. The van der Waals surface area contributed by atoms with E-state index in [4.69, 9.17) is 65.8 Å². The molecule has 0 aliphatic rings. The minimum Gasteiger partial charge on any atom is -0.414 e. The van der Waals surface area contributed by atoms with Crippen LogP contribution in [0.25, 0.3) is 0 Å². The first-order valence-electron chi connectivity index (χ1n) is 49.2. The van der Waals surface area contributed by atoms with E-state index in [0.717, 1.165) is 0 Å². The highest BCUT2D eigenvalue weighted by molar-refractivity contribution is 7.07. The van der Waals surface area contributed by atoms with Gasteiger partial charge < -0.3 is 127 Å². The lowest BCUT2D eigenvalue weighted by molar-refractivity contribution is 0.128. The van der Waals surface area contributed by atoms with Crippen LogP contribution in [0, 0.1) is 0 Å². The van der Waals surface area contributed by atoms with Gasteiger partial charge in [0.1, 0.15) is 0 Å². The Balaban J connectivity index is 13.3. The SMILES string of the molecule is CCC(O)[Si](C)(C)O[Si](O[Si](C)(C)C(O)CC)(O[Si](C)(C)C(O)CC)C(CC)[Si](C)(C)O[Si](O[Si](C)(C)C(CC)[Si](O[Si](C)(C)C(O)CC)(O[Si](C)(C)C(O)CC)O[Si](C)(C)C(O)CC)(O[Si](C)(C)C(CC)[Si](O[Si](C)(C)C(O)CC)(O[Si](C)(C)C(O)CC)O[Si](C)(C)C(O)CC)O[Si](C)(C)C(CC)[Si](O[Si](C)(C)C(O)CC)(O[Si](C)(C)C(O)CC)O[Si](C)(C)C(O)CC. The molecule has 28 nitrogen and oxygen atoms in total. The molecule has 0 radical (unpaired) electrons. The van der Waals surface area contributed by atoms with Crippen LogP contribution in [0.4, 0.5) is 0 Å². The molecule has 0 saturated heterocycles. The summed E-state index contributed by atoms with van der Waals surface area (Å²) in [5.41, 5.74) is -11.8. The van der Waals surface area contributed by atoms with E-state index in [-0.39, 0.29) is 25.7 Å². The Hall–Kier alpha value is 3.43. The molecule has 0 amide bonds. The summed E-state index contributed by atoms with van der Waals surface area (Å²) >= 11 is 0. The second kappa shape index (κ2) is 51.0. The first-order chi connectivity index (χ1) is 57.9. The maximum Gasteiger partial charge on any atom is 0.637 e. The Bertz CT molecular complexity index is 2610. The van der Waals surface area contributed by atoms with Gasteiger partial charge in [0, 0.05) is 20.7 Å². The number of rotatable bonds is 68. The lowest BCUT2D eigenvalue weighted by Crippen LogP contribution is -2.77. The molecule has 0 saturated carbocycles. The van der Waals surface area contributed by atoms with Gasteiger partial charge >= 0.3 is 44.3 Å². The highest BCUT2D eigenvalue weighted by atomic mass is 28.6. The summed E-state index contributed by atoms with van der Waals surface area (Å²) in [7, 11) is -85.1. The van der Waals surface area contributed by atoms with Crippen LogP contribution in [0.3, 0.4) is 0 Å². The molecule has 129 heavy (non-hydrogen) atoms. The van der Waals surface area contributed by atoms with Crippen molar-refractivity contribution in [2.45, 2.75) is 512 Å². The molecule has 0 fully saturated rings. The van der Waals surface area contributed by atoms with Crippen LogP contribution in [0.1, 0.15) is 214 Å². The van der Waals surface area contributed by atoms with Gasteiger partial charge in [0.25, 0.3) is 0 Å². The predicted octanol–water partition coefficient (Wildman–Crippen LogP) is 17.7. The molecule has 16 atom stereocenters. The minimum absolute atomic E-state index is 0.217. The maximum atomic E-state index is 12.7. The zero-order valence-corrected chi connectivity index (χ0v) is 112. The number of hydrogen-bond acceptors (Lipinski definition) is 28. The quantitative estimate of drug-likeness (QED) is 0.0252. The molecule has 0 aromatic carbocycles. The molecule has 16 unspecified atom stereocenters. The average molecular weight is 2200 g/mol. The van der Waals surface area contributed by atoms with Gasteiger partial charge in [-0.3, -0.25) is 0 Å². The normalized spacial score (nSPS) is 20.7. The van der Waals surface area contributed by atoms with E-state index >= 15 is 0 Å². The van der Waals surface area contributed by atoms with Crippen molar-refractivity contribution in [1.82, 2.24) is 0 Å². The van der Waals surface area contributed by atoms with Crippen molar-refractivity contribution in [2.75, 3.05) is 0 Å². The Morgan fingerprint density at radius 1 is 0.124 bits per heavy atom. The van der Waals surface area contributed by atoms with E-state index in [1.165, 1.54) is 0 Å². The maximum absolute atomic E-state index is 12.7. The van der Waals surface area contributed by atoms with Crippen LogP contribution >= 0.6 is 0 Å². The number of aliphatic hydroxyl groups excluding tert-OH is 12. The molecule has 0 spiro atoms. The van der Waals surface area contributed by atoms with Gasteiger partial charge in [-0.15, -0.1) is 0 Å². The van der Waals surface area contributed by atoms with Gasteiger partial charge in [-0.1, -0.05) is 111 Å². The van der Waals surface area contributed by atoms with Gasteiger partial charge in [-0.05, 0) is 312 Å². The zero-order chi connectivity index (χ0) is 102. The summed E-state index contributed by atoms with van der Waals surface area (Å²) in [6, 6.07) is 0. The summed E-state index contributed by atoms with van der Waals surface area (Å²) < 4.78 is 133. The summed E-state index contributed by atoms with van der Waals surface area (Å²) in [6.07, 6.45) is 4.57. The fourth-order valence-electron chi connectivity index (χ4n) is 18.6. The zero-order valence-electron chi connectivity index (χ0n) is 90.9. The third-order valence-corrected chi connectivity index (χ3v) is 129. The standard InChI is InChI=1S/C80H204O28Si21/c1-49-65(81)109(17,18)93-125(94-110(19,20)66(82)50-2,95-111(21,22)67(83)51-3)77(61-13)121(41,42)105-129(106-122(43,44)78(62-14)126(96-112(23,24)68(84)52-4,97-113(25,26)69(85)53-5)98-114(27,28)70(86)54-6,107-123(45,46)79(63-15)127(99-115(29,30)71(87)55-7,100-116(31,32)72(88)56-8)101-117(33,34)73(89)57-9)108-124(47,48)80(64-16)128(102-118(35,36)74(90)58-10,103-119(37,38)75(91)59-11)104-120(39,40)76(92)60-12/h65-92H,49-64H2,1-48H3. The summed E-state index contributed by atoms with van der Waals surface area (Å²) in [4.78, 5) is 0. The Morgan fingerprint density at radius 3 is 0.264 bits per heavy atom. The third-order valence-electron chi connectivity index (χ3n) is 27.4. The lowest BCUT2D eigenvalue weighted by Gasteiger charge is -2.57. The van der Waals surface area contributed by atoms with E-state index in [1.54, 1.807) is 0 Å². The lowest BCUT2D eigenvalue weighted by atomic mass is 10.5. The molecule has 0 aliphatic heterocycles. The molecule has 0 heterocycles. The van der Waals surface area contributed by atoms with Crippen molar-refractivity contribution in [1.29, 1.82) is 0 Å². The molecule has 0 aliphatic carbocycles. The predicted molar refractivity (Wildman–Crippen MR) is 578 cm³/mol. The van der Waals surface area contributed by atoms with Crippen LogP contribution in [-0.4, -0.2) is 307 Å². The molecule has 776 valence electrons. The summed E-state index contributed by atoms with van der Waals surface area (Å²) in [5.74, 6) is 0. The van der Waals surface area contributed by atoms with E-state index in [0.29, 0.717) is 77.0 Å². The summed E-state index contributed by atoms with van der Waals surface area (Å²) in [6.45, 7) is 94.5. The Morgan fingerprint density at radius 2 is 0.202 bits per heavy atom. The molecule has 0 aromatic heterocycles. The van der Waals surface area contributed by atoms with Crippen LogP contribution in [0.15, 0.2) is 0 Å². The van der Waals surface area contributed by atoms with Crippen molar-refractivity contribution in [3.05, 3.63) is 0 Å². The van der Waals surface area contributed by atoms with E-state index < -0.39 is 267 Å². The highest BCUT2D eigenvalue weighted by Crippen LogP contribution is 2.55. The van der Waals surface area contributed by atoms with Gasteiger partial charge in [-0.25, -0.2) is 0 Å². The van der Waals surface area contributed by atoms with Crippen LogP contribution in [-0.2, 0) is 65.8 Å². The average Bonchev–Trinajstić information content (AvgIpc) is 0.682. The molecular formula is C80H204O28Si21. The summed E-state index contributed by atoms with van der Waals surface area (Å²) in [5, 5.41) is 148. The monoisotopic (exact) mass is 2200 g/mol. The van der Waals surface area contributed by atoms with Crippen LogP contribution in [0.5, 0.6) is 0 Å². The fourth-order valence-corrected chi connectivity index (χ4v) is 129. The highest BCUT2D eigenvalue weighted by Gasteiger charge is 2.76. The minimum atomic E-state index is -5.80. The third kappa shape index (κ3) is 34.8. The molecular weight excluding hydrogens is 2000 g/mol. The second-order valence-corrected chi connectivity index (χ2v) is 131.